The number of halogens is 1. The van der Waals surface area contributed by atoms with Crippen molar-refractivity contribution in [3.8, 4) is 5.75 Å². The summed E-state index contributed by atoms with van der Waals surface area (Å²) in [5, 5.41) is 2.61. The number of hydrogen-bond acceptors (Lipinski definition) is 5. The molecule has 0 aromatic heterocycles. The molecule has 2 aromatic rings. The minimum absolute atomic E-state index is 0.0332. The van der Waals surface area contributed by atoms with Crippen molar-refractivity contribution in [2.45, 2.75) is 35.7 Å². The fourth-order valence-electron chi connectivity index (χ4n) is 2.87. The number of carbonyl (C=O) groups excluding carboxylic acids is 1. The van der Waals surface area contributed by atoms with Crippen LogP contribution in [0.25, 0.3) is 0 Å². The molecule has 0 fully saturated rings. The lowest BCUT2D eigenvalue weighted by Crippen LogP contribution is -2.37. The molecule has 1 atom stereocenters. The van der Waals surface area contributed by atoms with E-state index in [9.17, 15) is 17.6 Å². The molecule has 0 bridgehead atoms. The van der Waals surface area contributed by atoms with Crippen LogP contribution in [0.3, 0.4) is 0 Å². The average molecular weight is 393 g/mol. The molecule has 3 rings (SSSR count). The van der Waals surface area contributed by atoms with Crippen LogP contribution in [0.2, 0.25) is 0 Å². The van der Waals surface area contributed by atoms with Crippen LogP contribution in [0.1, 0.15) is 18.9 Å². The number of amides is 1. The highest BCUT2D eigenvalue weighted by molar-refractivity contribution is 7.91. The number of hydrogen-bond donors (Lipinski definition) is 1. The molecule has 1 N–H and O–H groups in total. The van der Waals surface area contributed by atoms with E-state index in [0.29, 0.717) is 18.6 Å². The summed E-state index contributed by atoms with van der Waals surface area (Å²) in [6, 6.07) is 9.54. The minimum Gasteiger partial charge on any atom is -0.488 e. The topological polar surface area (TPSA) is 81.7 Å². The van der Waals surface area contributed by atoms with Gasteiger partial charge in [0.05, 0.1) is 22.9 Å². The van der Waals surface area contributed by atoms with Crippen molar-refractivity contribution in [2.75, 3.05) is 13.2 Å². The normalized spacial score (nSPS) is 16.1. The van der Waals surface area contributed by atoms with Crippen molar-refractivity contribution in [3.63, 3.8) is 0 Å². The van der Waals surface area contributed by atoms with E-state index >= 15 is 0 Å². The fraction of sp³-hybridized carbons (Fsp3) is 0.316. The van der Waals surface area contributed by atoms with Gasteiger partial charge < -0.3 is 14.8 Å². The molecule has 1 aliphatic rings. The van der Waals surface area contributed by atoms with E-state index < -0.39 is 21.7 Å². The molecule has 1 amide bonds. The van der Waals surface area contributed by atoms with Gasteiger partial charge in [-0.2, -0.15) is 0 Å². The molecule has 0 aliphatic carbocycles. The van der Waals surface area contributed by atoms with Crippen LogP contribution >= 0.6 is 0 Å². The number of aryl methyl sites for hydroxylation is 1. The largest absolute Gasteiger partial charge is 0.488 e. The van der Waals surface area contributed by atoms with Crippen LogP contribution in [0.4, 0.5) is 9.18 Å². The number of ether oxygens (including phenoxy) is 2. The first kappa shape index (κ1) is 19.2. The van der Waals surface area contributed by atoms with Crippen LogP contribution in [-0.2, 0) is 21.0 Å². The van der Waals surface area contributed by atoms with Crippen molar-refractivity contribution in [1.29, 1.82) is 0 Å². The first-order valence-electron chi connectivity index (χ1n) is 8.61. The van der Waals surface area contributed by atoms with E-state index in [1.807, 2.05) is 0 Å². The minimum atomic E-state index is -3.86. The van der Waals surface area contributed by atoms with Gasteiger partial charge in [0, 0.05) is 0 Å². The Labute approximate surface area is 157 Å². The Kier molecular flexibility index (Phi) is 5.65. The number of sulfone groups is 1. The van der Waals surface area contributed by atoms with E-state index in [-0.39, 0.29) is 29.0 Å². The van der Waals surface area contributed by atoms with Crippen molar-refractivity contribution >= 4 is 15.9 Å². The maximum absolute atomic E-state index is 13.4. The molecule has 1 aliphatic heterocycles. The molecule has 0 radical (unpaired) electrons. The summed E-state index contributed by atoms with van der Waals surface area (Å²) >= 11 is 0. The quantitative estimate of drug-likeness (QED) is 0.844. The Hall–Kier alpha value is -2.61. The standard InChI is InChI=1S/C19H20FNO5S/c1-2-25-19(22)21-12-15-8-6-13-7-9-17(11-18(13)26-15)27(23,24)16-5-3-4-14(20)10-16/h3-5,7,9-11,15H,2,6,8,12H2,1H3,(H,21,22). The SMILES string of the molecule is CCOC(=O)NCC1CCc2ccc(S(=O)(=O)c3cccc(F)c3)cc2O1. The predicted molar refractivity (Wildman–Crippen MR) is 96.1 cm³/mol. The number of rotatable bonds is 5. The van der Waals surface area contributed by atoms with Gasteiger partial charge in [-0.1, -0.05) is 12.1 Å². The van der Waals surface area contributed by atoms with Crippen LogP contribution in [0, 0.1) is 5.82 Å². The third-order valence-corrected chi connectivity index (χ3v) is 5.98. The zero-order chi connectivity index (χ0) is 19.4. The molecule has 6 nitrogen and oxygen atoms in total. The lowest BCUT2D eigenvalue weighted by molar-refractivity contribution is 0.135. The molecular weight excluding hydrogens is 373 g/mol. The number of carbonyl (C=O) groups is 1. The summed E-state index contributed by atoms with van der Waals surface area (Å²) in [6.45, 7) is 2.26. The van der Waals surface area contributed by atoms with Gasteiger partial charge in [-0.05, 0) is 55.7 Å². The van der Waals surface area contributed by atoms with Gasteiger partial charge in [0.2, 0.25) is 9.84 Å². The lowest BCUT2D eigenvalue weighted by Gasteiger charge is -2.26. The third-order valence-electron chi connectivity index (χ3n) is 4.23. The molecule has 1 unspecified atom stereocenters. The Morgan fingerprint density at radius 2 is 2.04 bits per heavy atom. The van der Waals surface area contributed by atoms with E-state index in [0.717, 1.165) is 11.6 Å². The van der Waals surface area contributed by atoms with Crippen molar-refractivity contribution < 1.29 is 27.1 Å². The highest BCUT2D eigenvalue weighted by Gasteiger charge is 2.24. The van der Waals surface area contributed by atoms with Crippen molar-refractivity contribution in [1.82, 2.24) is 5.32 Å². The maximum atomic E-state index is 13.4. The van der Waals surface area contributed by atoms with Crippen molar-refractivity contribution in [2.24, 2.45) is 0 Å². The Morgan fingerprint density at radius 1 is 1.26 bits per heavy atom. The first-order chi connectivity index (χ1) is 12.9. The summed E-state index contributed by atoms with van der Waals surface area (Å²) < 4.78 is 49.6. The molecule has 1 heterocycles. The number of nitrogens with one attached hydrogen (secondary N) is 1. The molecule has 8 heteroatoms. The van der Waals surface area contributed by atoms with Gasteiger partial charge in [0.1, 0.15) is 17.7 Å². The van der Waals surface area contributed by atoms with E-state index in [4.69, 9.17) is 9.47 Å². The Bertz CT molecular complexity index is 945. The maximum Gasteiger partial charge on any atom is 0.407 e. The van der Waals surface area contributed by atoms with Gasteiger partial charge in [0.25, 0.3) is 0 Å². The summed E-state index contributed by atoms with van der Waals surface area (Å²) in [5.74, 6) is -0.162. The zero-order valence-corrected chi connectivity index (χ0v) is 15.6. The van der Waals surface area contributed by atoms with Crippen LogP contribution < -0.4 is 10.1 Å². The predicted octanol–water partition coefficient (Wildman–Crippen LogP) is 3.10. The molecule has 0 saturated heterocycles. The van der Waals surface area contributed by atoms with Crippen LogP contribution in [-0.4, -0.2) is 33.8 Å². The van der Waals surface area contributed by atoms with Gasteiger partial charge >= 0.3 is 6.09 Å². The fourth-order valence-corrected chi connectivity index (χ4v) is 4.17. The summed E-state index contributed by atoms with van der Waals surface area (Å²) in [5.41, 5.74) is 0.889. The number of fused-ring (bicyclic) bond motifs is 1. The van der Waals surface area contributed by atoms with Crippen LogP contribution in [0.5, 0.6) is 5.75 Å². The second kappa shape index (κ2) is 7.96. The molecule has 0 spiro atoms. The molecule has 0 saturated carbocycles. The van der Waals surface area contributed by atoms with Gasteiger partial charge in [-0.3, -0.25) is 0 Å². The number of benzene rings is 2. The smallest absolute Gasteiger partial charge is 0.407 e. The van der Waals surface area contributed by atoms with Gasteiger partial charge in [0.15, 0.2) is 0 Å². The Morgan fingerprint density at radius 3 is 2.78 bits per heavy atom. The Balaban J connectivity index is 1.78. The average Bonchev–Trinajstić information content (AvgIpc) is 2.66. The summed E-state index contributed by atoms with van der Waals surface area (Å²) in [4.78, 5) is 11.3. The highest BCUT2D eigenvalue weighted by atomic mass is 32.2. The molecule has 2 aromatic carbocycles. The monoisotopic (exact) mass is 393 g/mol. The third kappa shape index (κ3) is 4.39. The second-order valence-corrected chi connectivity index (χ2v) is 8.06. The first-order valence-corrected chi connectivity index (χ1v) is 10.1. The number of alkyl carbamates (subject to hydrolysis) is 1. The van der Waals surface area contributed by atoms with E-state index in [1.54, 1.807) is 13.0 Å². The lowest BCUT2D eigenvalue weighted by atomic mass is 10.0. The van der Waals surface area contributed by atoms with Gasteiger partial charge in [-0.25, -0.2) is 17.6 Å². The van der Waals surface area contributed by atoms with Crippen LogP contribution in [0.15, 0.2) is 52.3 Å². The molecular formula is C19H20FNO5S. The van der Waals surface area contributed by atoms with E-state index in [1.165, 1.54) is 30.3 Å². The second-order valence-electron chi connectivity index (χ2n) is 6.11. The van der Waals surface area contributed by atoms with E-state index in [2.05, 4.69) is 5.32 Å². The zero-order valence-electron chi connectivity index (χ0n) is 14.8. The van der Waals surface area contributed by atoms with Crippen molar-refractivity contribution in [3.05, 3.63) is 53.8 Å². The summed E-state index contributed by atoms with van der Waals surface area (Å²) in [7, 11) is -3.86. The highest BCUT2D eigenvalue weighted by Crippen LogP contribution is 2.32. The molecule has 27 heavy (non-hydrogen) atoms. The summed E-state index contributed by atoms with van der Waals surface area (Å²) in [6.07, 6.45) is 0.587. The van der Waals surface area contributed by atoms with Gasteiger partial charge in [-0.15, -0.1) is 0 Å². The molecule has 144 valence electrons.